The highest BCUT2D eigenvalue weighted by molar-refractivity contribution is 5.69. The molecule has 1 fully saturated rings. The highest BCUT2D eigenvalue weighted by Crippen LogP contribution is 2.38. The van der Waals surface area contributed by atoms with Crippen LogP contribution in [0.4, 0.5) is 4.79 Å². The number of benzene rings is 1. The van der Waals surface area contributed by atoms with Gasteiger partial charge in [-0.1, -0.05) is 30.3 Å². The third kappa shape index (κ3) is 3.14. The lowest BCUT2D eigenvalue weighted by Gasteiger charge is -2.45. The van der Waals surface area contributed by atoms with Crippen molar-refractivity contribution in [3.05, 3.63) is 35.9 Å². The minimum atomic E-state index is -0.452. The SMILES string of the molecule is CC(C)(C)OC(=O)N1CCCC[C@@]1(C)c1ccccc1. The van der Waals surface area contributed by atoms with Crippen molar-refractivity contribution < 1.29 is 9.53 Å². The molecule has 2 rings (SSSR count). The largest absolute Gasteiger partial charge is 0.444 e. The molecule has 3 heteroatoms. The van der Waals surface area contributed by atoms with Crippen molar-refractivity contribution >= 4 is 6.09 Å². The summed E-state index contributed by atoms with van der Waals surface area (Å²) < 4.78 is 5.58. The Morgan fingerprint density at radius 2 is 1.85 bits per heavy atom. The third-order valence-corrected chi connectivity index (χ3v) is 3.90. The molecular weight excluding hydrogens is 250 g/mol. The molecule has 0 saturated carbocycles. The van der Waals surface area contributed by atoms with Gasteiger partial charge in [0.15, 0.2) is 0 Å². The van der Waals surface area contributed by atoms with E-state index in [-0.39, 0.29) is 11.6 Å². The molecule has 0 aromatic heterocycles. The first-order valence-electron chi connectivity index (χ1n) is 7.39. The summed E-state index contributed by atoms with van der Waals surface area (Å²) in [6.07, 6.45) is 2.96. The van der Waals surface area contributed by atoms with E-state index in [0.717, 1.165) is 25.8 Å². The van der Waals surface area contributed by atoms with Crippen molar-refractivity contribution in [3.8, 4) is 0 Å². The summed E-state index contributed by atoms with van der Waals surface area (Å²) in [5.74, 6) is 0. The van der Waals surface area contributed by atoms with Gasteiger partial charge in [0.2, 0.25) is 0 Å². The quantitative estimate of drug-likeness (QED) is 0.763. The molecule has 3 nitrogen and oxygen atoms in total. The zero-order chi connectivity index (χ0) is 14.8. The lowest BCUT2D eigenvalue weighted by molar-refractivity contribution is -0.0125. The van der Waals surface area contributed by atoms with Gasteiger partial charge in [-0.3, -0.25) is 4.90 Å². The Kier molecular flexibility index (Phi) is 4.07. The Hall–Kier alpha value is -1.51. The van der Waals surface area contributed by atoms with Crippen LogP contribution in [-0.4, -0.2) is 23.1 Å². The predicted octanol–water partition coefficient (Wildman–Crippen LogP) is 4.32. The van der Waals surface area contributed by atoms with Gasteiger partial charge in [-0.2, -0.15) is 0 Å². The second-order valence-electron chi connectivity index (χ2n) is 6.73. The van der Waals surface area contributed by atoms with Gasteiger partial charge in [-0.25, -0.2) is 4.79 Å². The first-order chi connectivity index (χ1) is 9.33. The number of rotatable bonds is 1. The molecule has 20 heavy (non-hydrogen) atoms. The molecule has 1 aliphatic heterocycles. The number of hydrogen-bond acceptors (Lipinski definition) is 2. The Labute approximate surface area is 121 Å². The Balaban J connectivity index is 2.27. The monoisotopic (exact) mass is 275 g/mol. The van der Waals surface area contributed by atoms with Gasteiger partial charge in [-0.05, 0) is 52.5 Å². The van der Waals surface area contributed by atoms with Crippen LogP contribution in [0.2, 0.25) is 0 Å². The molecule has 0 spiro atoms. The molecule has 1 saturated heterocycles. The zero-order valence-electron chi connectivity index (χ0n) is 13.0. The molecule has 1 atom stereocenters. The molecule has 0 unspecified atom stereocenters. The minimum absolute atomic E-state index is 0.205. The molecule has 1 aromatic carbocycles. The maximum atomic E-state index is 12.5. The van der Waals surface area contributed by atoms with Gasteiger partial charge in [0.25, 0.3) is 0 Å². The summed E-state index contributed by atoms with van der Waals surface area (Å²) in [5.41, 5.74) is 0.471. The van der Waals surface area contributed by atoms with Crippen LogP contribution < -0.4 is 0 Å². The van der Waals surface area contributed by atoms with Crippen molar-refractivity contribution in [2.24, 2.45) is 0 Å². The number of amides is 1. The Bertz CT molecular complexity index is 464. The van der Waals surface area contributed by atoms with Gasteiger partial charge in [0.05, 0.1) is 5.54 Å². The smallest absolute Gasteiger partial charge is 0.411 e. The summed E-state index contributed by atoms with van der Waals surface area (Å²) in [6, 6.07) is 10.3. The van der Waals surface area contributed by atoms with Crippen LogP contribution >= 0.6 is 0 Å². The molecule has 1 heterocycles. The molecule has 1 amide bonds. The predicted molar refractivity (Wildman–Crippen MR) is 80.6 cm³/mol. The number of likely N-dealkylation sites (tertiary alicyclic amines) is 1. The highest BCUT2D eigenvalue weighted by Gasteiger charge is 2.40. The van der Waals surface area contributed by atoms with Crippen LogP contribution in [0.3, 0.4) is 0 Å². The van der Waals surface area contributed by atoms with Crippen LogP contribution in [0.15, 0.2) is 30.3 Å². The summed E-state index contributed by atoms with van der Waals surface area (Å²) in [7, 11) is 0. The third-order valence-electron chi connectivity index (χ3n) is 3.90. The molecule has 1 aliphatic rings. The minimum Gasteiger partial charge on any atom is -0.444 e. The lowest BCUT2D eigenvalue weighted by atomic mass is 9.82. The van der Waals surface area contributed by atoms with Crippen LogP contribution in [0.25, 0.3) is 0 Å². The number of carbonyl (C=O) groups excluding carboxylic acids is 1. The summed E-state index contributed by atoms with van der Waals surface area (Å²) in [4.78, 5) is 14.4. The molecule has 0 aliphatic carbocycles. The fourth-order valence-corrected chi connectivity index (χ4v) is 2.83. The van der Waals surface area contributed by atoms with Crippen molar-refractivity contribution in [3.63, 3.8) is 0 Å². The number of hydrogen-bond donors (Lipinski definition) is 0. The fourth-order valence-electron chi connectivity index (χ4n) is 2.83. The standard InChI is InChI=1S/C17H25NO2/c1-16(2,3)20-15(19)18-13-9-8-12-17(18,4)14-10-6-5-7-11-14/h5-7,10-11H,8-9,12-13H2,1-4H3/t17-/m0/s1. The van der Waals surface area contributed by atoms with E-state index in [1.54, 1.807) is 0 Å². The Morgan fingerprint density at radius 3 is 2.45 bits per heavy atom. The fraction of sp³-hybridized carbons (Fsp3) is 0.588. The summed E-state index contributed by atoms with van der Waals surface area (Å²) >= 11 is 0. The maximum absolute atomic E-state index is 12.5. The van der Waals surface area contributed by atoms with E-state index in [1.165, 1.54) is 5.56 Å². The van der Waals surface area contributed by atoms with Crippen LogP contribution in [0.5, 0.6) is 0 Å². The molecule has 0 bridgehead atoms. The zero-order valence-corrected chi connectivity index (χ0v) is 13.0. The average Bonchev–Trinajstić information content (AvgIpc) is 2.38. The van der Waals surface area contributed by atoms with E-state index in [1.807, 2.05) is 43.9 Å². The van der Waals surface area contributed by atoms with E-state index in [0.29, 0.717) is 0 Å². The van der Waals surface area contributed by atoms with Crippen molar-refractivity contribution in [1.82, 2.24) is 4.90 Å². The van der Waals surface area contributed by atoms with Gasteiger partial charge < -0.3 is 4.74 Å². The van der Waals surface area contributed by atoms with Crippen LogP contribution in [0.1, 0.15) is 52.5 Å². The first-order valence-corrected chi connectivity index (χ1v) is 7.39. The van der Waals surface area contributed by atoms with E-state index in [4.69, 9.17) is 4.74 Å². The maximum Gasteiger partial charge on any atom is 0.411 e. The van der Waals surface area contributed by atoms with Gasteiger partial charge in [-0.15, -0.1) is 0 Å². The first kappa shape index (κ1) is 14.9. The van der Waals surface area contributed by atoms with Crippen molar-refractivity contribution in [2.45, 2.75) is 58.1 Å². The summed E-state index contributed by atoms with van der Waals surface area (Å²) in [5, 5.41) is 0. The normalized spacial score (nSPS) is 23.5. The number of ether oxygens (including phenoxy) is 1. The molecular formula is C17H25NO2. The van der Waals surface area contributed by atoms with Gasteiger partial charge in [0, 0.05) is 6.54 Å². The molecule has 0 radical (unpaired) electrons. The highest BCUT2D eigenvalue weighted by atomic mass is 16.6. The van der Waals surface area contributed by atoms with E-state index in [2.05, 4.69) is 19.1 Å². The van der Waals surface area contributed by atoms with Gasteiger partial charge >= 0.3 is 6.09 Å². The van der Waals surface area contributed by atoms with Gasteiger partial charge in [0.1, 0.15) is 5.60 Å². The lowest BCUT2D eigenvalue weighted by Crippen LogP contribution is -2.52. The van der Waals surface area contributed by atoms with Crippen LogP contribution in [0, 0.1) is 0 Å². The molecule has 110 valence electrons. The molecule has 0 N–H and O–H groups in total. The Morgan fingerprint density at radius 1 is 1.20 bits per heavy atom. The second-order valence-corrected chi connectivity index (χ2v) is 6.73. The average molecular weight is 275 g/mol. The van der Waals surface area contributed by atoms with Crippen molar-refractivity contribution in [1.29, 1.82) is 0 Å². The number of nitrogens with zero attached hydrogens (tertiary/aromatic N) is 1. The molecule has 1 aromatic rings. The summed E-state index contributed by atoms with van der Waals surface area (Å²) in [6.45, 7) is 8.64. The van der Waals surface area contributed by atoms with E-state index >= 15 is 0 Å². The van der Waals surface area contributed by atoms with E-state index in [9.17, 15) is 4.79 Å². The van der Waals surface area contributed by atoms with Crippen LogP contribution in [-0.2, 0) is 10.3 Å². The second kappa shape index (κ2) is 5.47. The topological polar surface area (TPSA) is 29.5 Å². The number of carbonyl (C=O) groups is 1. The number of piperidine rings is 1. The van der Waals surface area contributed by atoms with Crippen molar-refractivity contribution in [2.75, 3.05) is 6.54 Å². The van der Waals surface area contributed by atoms with E-state index < -0.39 is 5.60 Å².